The van der Waals surface area contributed by atoms with Crippen LogP contribution >= 0.6 is 11.8 Å². The largest absolute Gasteiger partial charge is 0.334 e. The molecule has 104 valence electrons. The Bertz CT molecular complexity index is 413. The van der Waals surface area contributed by atoms with Gasteiger partial charge in [-0.15, -0.1) is 11.8 Å². The SMILES string of the molecule is CCCN(C(=O)c1ccc(SC)cc1)[C@H]1CCNC1. The number of hydrogen-bond acceptors (Lipinski definition) is 3. The van der Waals surface area contributed by atoms with Crippen molar-refractivity contribution in [2.75, 3.05) is 25.9 Å². The van der Waals surface area contributed by atoms with Crippen molar-refractivity contribution in [1.82, 2.24) is 10.2 Å². The minimum atomic E-state index is 0.170. The first-order valence-corrected chi connectivity index (χ1v) is 8.14. The van der Waals surface area contributed by atoms with Crippen molar-refractivity contribution in [3.8, 4) is 0 Å². The van der Waals surface area contributed by atoms with E-state index in [1.165, 1.54) is 4.90 Å². The predicted molar refractivity (Wildman–Crippen MR) is 80.8 cm³/mol. The second-order valence-electron chi connectivity index (χ2n) is 4.87. The van der Waals surface area contributed by atoms with Crippen LogP contribution in [-0.2, 0) is 0 Å². The molecule has 1 N–H and O–H groups in total. The molecular weight excluding hydrogens is 256 g/mol. The van der Waals surface area contributed by atoms with Crippen molar-refractivity contribution in [2.24, 2.45) is 0 Å². The second kappa shape index (κ2) is 6.96. The summed E-state index contributed by atoms with van der Waals surface area (Å²) in [4.78, 5) is 15.8. The lowest BCUT2D eigenvalue weighted by Crippen LogP contribution is -2.42. The van der Waals surface area contributed by atoms with Crippen LogP contribution in [0.4, 0.5) is 0 Å². The summed E-state index contributed by atoms with van der Waals surface area (Å²) in [7, 11) is 0. The molecule has 2 rings (SSSR count). The van der Waals surface area contributed by atoms with Crippen molar-refractivity contribution >= 4 is 17.7 Å². The Balaban J connectivity index is 2.12. The maximum atomic E-state index is 12.6. The summed E-state index contributed by atoms with van der Waals surface area (Å²) in [5.41, 5.74) is 0.804. The molecule has 1 aromatic rings. The fraction of sp³-hybridized carbons (Fsp3) is 0.533. The molecule has 1 heterocycles. The van der Waals surface area contributed by atoms with Crippen molar-refractivity contribution < 1.29 is 4.79 Å². The van der Waals surface area contributed by atoms with Gasteiger partial charge in [-0.3, -0.25) is 4.79 Å². The zero-order chi connectivity index (χ0) is 13.7. The summed E-state index contributed by atoms with van der Waals surface area (Å²) in [6, 6.07) is 8.29. The minimum Gasteiger partial charge on any atom is -0.334 e. The van der Waals surface area contributed by atoms with Crippen LogP contribution in [0.2, 0.25) is 0 Å². The van der Waals surface area contributed by atoms with Crippen molar-refractivity contribution in [2.45, 2.75) is 30.7 Å². The van der Waals surface area contributed by atoms with Gasteiger partial charge in [0.1, 0.15) is 0 Å². The molecule has 19 heavy (non-hydrogen) atoms. The van der Waals surface area contributed by atoms with Crippen LogP contribution in [0.15, 0.2) is 29.2 Å². The van der Waals surface area contributed by atoms with Gasteiger partial charge in [-0.1, -0.05) is 6.92 Å². The average molecular weight is 278 g/mol. The van der Waals surface area contributed by atoms with E-state index in [1.54, 1.807) is 11.8 Å². The number of rotatable bonds is 5. The van der Waals surface area contributed by atoms with Gasteiger partial charge in [0.05, 0.1) is 0 Å². The number of hydrogen-bond donors (Lipinski definition) is 1. The van der Waals surface area contributed by atoms with E-state index in [1.807, 2.05) is 35.4 Å². The lowest BCUT2D eigenvalue weighted by molar-refractivity contribution is 0.0692. The maximum absolute atomic E-state index is 12.6. The van der Waals surface area contributed by atoms with Crippen LogP contribution < -0.4 is 5.32 Å². The molecule has 1 fully saturated rings. The summed E-state index contributed by atoms with van der Waals surface area (Å²) < 4.78 is 0. The summed E-state index contributed by atoms with van der Waals surface area (Å²) in [6.07, 6.45) is 4.12. The zero-order valence-electron chi connectivity index (χ0n) is 11.7. The standard InChI is InChI=1S/C15H22N2OS/c1-3-10-17(13-8-9-16-11-13)15(18)12-4-6-14(19-2)7-5-12/h4-7,13,16H,3,8-11H2,1-2H3/t13-/m0/s1. The first kappa shape index (κ1) is 14.4. The first-order valence-electron chi connectivity index (χ1n) is 6.92. The average Bonchev–Trinajstić information content (AvgIpc) is 2.98. The molecule has 4 heteroatoms. The number of thioether (sulfide) groups is 1. The molecule has 0 aromatic heterocycles. The number of amides is 1. The van der Waals surface area contributed by atoms with E-state index in [-0.39, 0.29) is 5.91 Å². The molecule has 0 spiro atoms. The lowest BCUT2D eigenvalue weighted by atomic mass is 10.1. The normalized spacial score (nSPS) is 18.5. The molecule has 0 bridgehead atoms. The number of nitrogens with one attached hydrogen (secondary N) is 1. The van der Waals surface area contributed by atoms with E-state index in [9.17, 15) is 4.79 Å². The number of carbonyl (C=O) groups excluding carboxylic acids is 1. The topological polar surface area (TPSA) is 32.3 Å². The van der Waals surface area contributed by atoms with Gasteiger partial charge < -0.3 is 10.2 Å². The molecule has 0 unspecified atom stereocenters. The van der Waals surface area contributed by atoms with Crippen LogP contribution in [0.1, 0.15) is 30.1 Å². The smallest absolute Gasteiger partial charge is 0.254 e. The highest BCUT2D eigenvalue weighted by atomic mass is 32.2. The predicted octanol–water partition coefficient (Wildman–Crippen LogP) is 2.62. The van der Waals surface area contributed by atoms with E-state index in [2.05, 4.69) is 12.2 Å². The second-order valence-corrected chi connectivity index (χ2v) is 5.75. The number of carbonyl (C=O) groups is 1. The minimum absolute atomic E-state index is 0.170. The zero-order valence-corrected chi connectivity index (χ0v) is 12.5. The van der Waals surface area contributed by atoms with Crippen LogP contribution in [0, 0.1) is 0 Å². The summed E-state index contributed by atoms with van der Waals surface area (Å²) >= 11 is 1.70. The van der Waals surface area contributed by atoms with E-state index < -0.39 is 0 Å². The molecule has 1 aliphatic heterocycles. The summed E-state index contributed by atoms with van der Waals surface area (Å²) in [5.74, 6) is 0.170. The third kappa shape index (κ3) is 3.51. The highest BCUT2D eigenvalue weighted by Gasteiger charge is 2.26. The van der Waals surface area contributed by atoms with Gasteiger partial charge in [0.15, 0.2) is 0 Å². The van der Waals surface area contributed by atoms with E-state index in [0.29, 0.717) is 6.04 Å². The quantitative estimate of drug-likeness (QED) is 0.840. The molecule has 0 aliphatic carbocycles. The number of benzene rings is 1. The van der Waals surface area contributed by atoms with Gasteiger partial charge in [0, 0.05) is 29.6 Å². The van der Waals surface area contributed by atoms with Crippen molar-refractivity contribution in [1.29, 1.82) is 0 Å². The first-order chi connectivity index (χ1) is 9.26. The van der Waals surface area contributed by atoms with Gasteiger partial charge in [-0.2, -0.15) is 0 Å². The Morgan fingerprint density at radius 1 is 1.42 bits per heavy atom. The van der Waals surface area contributed by atoms with Gasteiger partial charge in [-0.05, 0) is 49.9 Å². The molecule has 1 aromatic carbocycles. The summed E-state index contributed by atoms with van der Waals surface area (Å²) in [6.45, 7) is 4.91. The Morgan fingerprint density at radius 3 is 2.68 bits per heavy atom. The van der Waals surface area contributed by atoms with Gasteiger partial charge >= 0.3 is 0 Å². The van der Waals surface area contributed by atoms with Crippen LogP contribution in [0.25, 0.3) is 0 Å². The molecule has 0 radical (unpaired) electrons. The monoisotopic (exact) mass is 278 g/mol. The van der Waals surface area contributed by atoms with Crippen molar-refractivity contribution in [3.05, 3.63) is 29.8 Å². The van der Waals surface area contributed by atoms with Crippen molar-refractivity contribution in [3.63, 3.8) is 0 Å². The molecule has 3 nitrogen and oxygen atoms in total. The maximum Gasteiger partial charge on any atom is 0.254 e. The van der Waals surface area contributed by atoms with Gasteiger partial charge in [0.2, 0.25) is 0 Å². The van der Waals surface area contributed by atoms with Gasteiger partial charge in [0.25, 0.3) is 5.91 Å². The third-order valence-electron chi connectivity index (χ3n) is 3.54. The van der Waals surface area contributed by atoms with E-state index >= 15 is 0 Å². The molecular formula is C15H22N2OS. The molecule has 0 saturated carbocycles. The van der Waals surface area contributed by atoms with Crippen LogP contribution in [0.5, 0.6) is 0 Å². The molecule has 1 saturated heterocycles. The molecule has 1 aliphatic rings. The van der Waals surface area contributed by atoms with E-state index in [4.69, 9.17) is 0 Å². The highest BCUT2D eigenvalue weighted by Crippen LogP contribution is 2.18. The van der Waals surface area contributed by atoms with Crippen LogP contribution in [-0.4, -0.2) is 42.7 Å². The summed E-state index contributed by atoms with van der Waals surface area (Å²) in [5, 5.41) is 3.34. The van der Waals surface area contributed by atoms with Crippen LogP contribution in [0.3, 0.4) is 0 Å². The Morgan fingerprint density at radius 2 is 2.16 bits per heavy atom. The van der Waals surface area contributed by atoms with Gasteiger partial charge in [-0.25, -0.2) is 0 Å². The Labute approximate surface area is 119 Å². The third-order valence-corrected chi connectivity index (χ3v) is 4.28. The number of nitrogens with zero attached hydrogens (tertiary/aromatic N) is 1. The van der Waals surface area contributed by atoms with E-state index in [0.717, 1.165) is 38.0 Å². The molecule has 1 atom stereocenters. The lowest BCUT2D eigenvalue weighted by Gasteiger charge is -2.28. The fourth-order valence-corrected chi connectivity index (χ4v) is 2.90. The highest BCUT2D eigenvalue weighted by molar-refractivity contribution is 7.98. The fourth-order valence-electron chi connectivity index (χ4n) is 2.50. The Kier molecular flexibility index (Phi) is 5.28. The Hall–Kier alpha value is -1.00. The molecule has 1 amide bonds.